The van der Waals surface area contributed by atoms with Gasteiger partial charge in [0.25, 0.3) is 5.91 Å². The predicted molar refractivity (Wildman–Crippen MR) is 94.4 cm³/mol. The van der Waals surface area contributed by atoms with Crippen LogP contribution in [0.2, 0.25) is 0 Å². The van der Waals surface area contributed by atoms with Gasteiger partial charge in [-0.05, 0) is 49.6 Å². The van der Waals surface area contributed by atoms with Crippen molar-refractivity contribution in [2.75, 3.05) is 6.61 Å². The summed E-state index contributed by atoms with van der Waals surface area (Å²) in [7, 11) is 0. The van der Waals surface area contributed by atoms with Crippen LogP contribution < -0.4 is 10.1 Å². The SMILES string of the molecule is O=C(COc1ccc2oc3c(c2c1)CCCC3)NCc1ccccn1. The Bertz CT molecular complexity index is 887. The molecule has 1 amide bonds. The molecular formula is C20H20N2O3. The molecule has 5 heteroatoms. The molecule has 0 spiro atoms. The second kappa shape index (κ2) is 6.97. The second-order valence-electron chi connectivity index (χ2n) is 6.26. The molecule has 0 radical (unpaired) electrons. The number of ether oxygens (including phenoxy) is 1. The summed E-state index contributed by atoms with van der Waals surface area (Å²) < 4.78 is 11.6. The number of furan rings is 1. The van der Waals surface area contributed by atoms with Crippen LogP contribution in [0.3, 0.4) is 0 Å². The van der Waals surface area contributed by atoms with E-state index in [2.05, 4.69) is 10.3 Å². The number of hydrogen-bond acceptors (Lipinski definition) is 4. The maximum absolute atomic E-state index is 12.0. The van der Waals surface area contributed by atoms with Crippen molar-refractivity contribution < 1.29 is 13.9 Å². The molecule has 2 heterocycles. The number of rotatable bonds is 5. The van der Waals surface area contributed by atoms with E-state index in [0.29, 0.717) is 12.3 Å². The van der Waals surface area contributed by atoms with Crippen molar-refractivity contribution in [2.45, 2.75) is 32.2 Å². The lowest BCUT2D eigenvalue weighted by molar-refractivity contribution is -0.123. The zero-order valence-electron chi connectivity index (χ0n) is 14.0. The molecular weight excluding hydrogens is 316 g/mol. The van der Waals surface area contributed by atoms with Gasteiger partial charge in [-0.15, -0.1) is 0 Å². The van der Waals surface area contributed by atoms with E-state index in [1.54, 1.807) is 6.20 Å². The zero-order valence-corrected chi connectivity index (χ0v) is 14.0. The third kappa shape index (κ3) is 3.50. The Morgan fingerprint density at radius 3 is 3.00 bits per heavy atom. The van der Waals surface area contributed by atoms with E-state index in [1.807, 2.05) is 36.4 Å². The van der Waals surface area contributed by atoms with Crippen LogP contribution in [0, 0.1) is 0 Å². The van der Waals surface area contributed by atoms with Crippen LogP contribution >= 0.6 is 0 Å². The smallest absolute Gasteiger partial charge is 0.258 e. The molecule has 5 nitrogen and oxygen atoms in total. The fourth-order valence-electron chi connectivity index (χ4n) is 3.22. The molecule has 1 N–H and O–H groups in total. The first-order valence-corrected chi connectivity index (χ1v) is 8.63. The van der Waals surface area contributed by atoms with Gasteiger partial charge in [0.05, 0.1) is 12.2 Å². The van der Waals surface area contributed by atoms with Gasteiger partial charge < -0.3 is 14.5 Å². The van der Waals surface area contributed by atoms with Crippen LogP contribution in [0.1, 0.15) is 29.9 Å². The monoisotopic (exact) mass is 336 g/mol. The van der Waals surface area contributed by atoms with E-state index in [9.17, 15) is 4.79 Å². The van der Waals surface area contributed by atoms with Crippen molar-refractivity contribution in [3.05, 3.63) is 59.6 Å². The molecule has 1 aliphatic carbocycles. The average molecular weight is 336 g/mol. The number of amides is 1. The van der Waals surface area contributed by atoms with Crippen molar-refractivity contribution in [3.63, 3.8) is 0 Å². The van der Waals surface area contributed by atoms with Crippen LogP contribution in [0.4, 0.5) is 0 Å². The normalized spacial score (nSPS) is 13.4. The molecule has 0 saturated heterocycles. The van der Waals surface area contributed by atoms with Gasteiger partial charge in [0.1, 0.15) is 17.1 Å². The van der Waals surface area contributed by atoms with Gasteiger partial charge in [-0.3, -0.25) is 9.78 Å². The topological polar surface area (TPSA) is 64.4 Å². The number of benzene rings is 1. The van der Waals surface area contributed by atoms with Crippen molar-refractivity contribution in [2.24, 2.45) is 0 Å². The number of fused-ring (bicyclic) bond motifs is 3. The first kappa shape index (κ1) is 15.7. The van der Waals surface area contributed by atoms with Gasteiger partial charge in [0, 0.05) is 23.6 Å². The number of nitrogens with zero attached hydrogens (tertiary/aromatic N) is 1. The summed E-state index contributed by atoms with van der Waals surface area (Å²) >= 11 is 0. The Balaban J connectivity index is 1.38. The highest BCUT2D eigenvalue weighted by Crippen LogP contribution is 2.33. The summed E-state index contributed by atoms with van der Waals surface area (Å²) in [5, 5.41) is 3.92. The molecule has 0 unspecified atom stereocenters. The first-order valence-electron chi connectivity index (χ1n) is 8.63. The van der Waals surface area contributed by atoms with Gasteiger partial charge >= 0.3 is 0 Å². The fourth-order valence-corrected chi connectivity index (χ4v) is 3.22. The summed E-state index contributed by atoms with van der Waals surface area (Å²) in [4.78, 5) is 16.1. The van der Waals surface area contributed by atoms with E-state index in [0.717, 1.165) is 35.3 Å². The lowest BCUT2D eigenvalue weighted by atomic mass is 9.96. The molecule has 2 aromatic heterocycles. The molecule has 0 atom stereocenters. The Labute approximate surface area is 146 Å². The largest absolute Gasteiger partial charge is 0.484 e. The molecule has 25 heavy (non-hydrogen) atoms. The third-order valence-electron chi connectivity index (χ3n) is 4.49. The quantitative estimate of drug-likeness (QED) is 0.775. The number of carbonyl (C=O) groups is 1. The molecule has 0 saturated carbocycles. The number of pyridine rings is 1. The van der Waals surface area contributed by atoms with Gasteiger partial charge in [0.2, 0.25) is 0 Å². The fraction of sp³-hybridized carbons (Fsp3) is 0.300. The number of nitrogens with one attached hydrogen (secondary N) is 1. The number of aromatic nitrogens is 1. The average Bonchev–Trinajstić information content (AvgIpc) is 3.03. The van der Waals surface area contributed by atoms with Crippen molar-refractivity contribution in [3.8, 4) is 5.75 Å². The lowest BCUT2D eigenvalue weighted by Gasteiger charge is -2.09. The minimum absolute atomic E-state index is 0.0155. The molecule has 4 rings (SSSR count). The predicted octanol–water partition coefficient (Wildman–Crippen LogP) is 3.40. The summed E-state index contributed by atoms with van der Waals surface area (Å²) in [6.45, 7) is 0.385. The molecule has 1 aromatic carbocycles. The number of aryl methyl sites for hydroxylation is 2. The van der Waals surface area contributed by atoms with Crippen molar-refractivity contribution >= 4 is 16.9 Å². The molecule has 1 aliphatic rings. The molecule has 0 fully saturated rings. The van der Waals surface area contributed by atoms with Crippen LogP contribution in [-0.2, 0) is 24.2 Å². The third-order valence-corrected chi connectivity index (χ3v) is 4.49. The Morgan fingerprint density at radius 1 is 1.20 bits per heavy atom. The van der Waals surface area contributed by atoms with Gasteiger partial charge in [-0.1, -0.05) is 6.07 Å². The van der Waals surface area contributed by atoms with E-state index in [1.165, 1.54) is 18.4 Å². The van der Waals surface area contributed by atoms with Gasteiger partial charge in [-0.25, -0.2) is 0 Å². The van der Waals surface area contributed by atoms with Crippen molar-refractivity contribution in [1.82, 2.24) is 10.3 Å². The van der Waals surface area contributed by atoms with Crippen molar-refractivity contribution in [1.29, 1.82) is 0 Å². The Morgan fingerprint density at radius 2 is 2.12 bits per heavy atom. The molecule has 128 valence electrons. The van der Waals surface area contributed by atoms with Crippen LogP contribution in [0.5, 0.6) is 5.75 Å². The van der Waals surface area contributed by atoms with E-state index >= 15 is 0 Å². The lowest BCUT2D eigenvalue weighted by Crippen LogP contribution is -2.28. The second-order valence-corrected chi connectivity index (χ2v) is 6.26. The van der Waals surface area contributed by atoms with Gasteiger partial charge in [0.15, 0.2) is 6.61 Å². The highest BCUT2D eigenvalue weighted by atomic mass is 16.5. The minimum Gasteiger partial charge on any atom is -0.484 e. The maximum Gasteiger partial charge on any atom is 0.258 e. The Hall–Kier alpha value is -2.82. The summed E-state index contributed by atoms with van der Waals surface area (Å²) in [5.41, 5.74) is 3.02. The van der Waals surface area contributed by atoms with Gasteiger partial charge in [-0.2, -0.15) is 0 Å². The molecule has 0 aliphatic heterocycles. The standard InChI is InChI=1S/C20H20N2O3/c23-20(22-12-14-5-3-4-10-21-14)13-24-15-8-9-19-17(11-15)16-6-1-2-7-18(16)25-19/h3-5,8-11H,1-2,6-7,12-13H2,(H,22,23). The molecule has 3 aromatic rings. The van der Waals surface area contributed by atoms with E-state index in [4.69, 9.17) is 9.15 Å². The zero-order chi connectivity index (χ0) is 17.1. The van der Waals surface area contributed by atoms with Crippen LogP contribution in [0.25, 0.3) is 11.0 Å². The minimum atomic E-state index is -0.167. The Kier molecular flexibility index (Phi) is 4.37. The number of carbonyl (C=O) groups excluding carboxylic acids is 1. The highest BCUT2D eigenvalue weighted by Gasteiger charge is 2.18. The number of hydrogen-bond donors (Lipinski definition) is 1. The van der Waals surface area contributed by atoms with E-state index in [-0.39, 0.29) is 12.5 Å². The first-order chi connectivity index (χ1) is 12.3. The van der Waals surface area contributed by atoms with E-state index < -0.39 is 0 Å². The summed E-state index contributed by atoms with van der Waals surface area (Å²) in [5.74, 6) is 1.63. The maximum atomic E-state index is 12.0. The molecule has 0 bridgehead atoms. The van der Waals surface area contributed by atoms with Crippen LogP contribution in [-0.4, -0.2) is 17.5 Å². The highest BCUT2D eigenvalue weighted by molar-refractivity contribution is 5.84. The summed E-state index contributed by atoms with van der Waals surface area (Å²) in [6.07, 6.45) is 6.15. The van der Waals surface area contributed by atoms with Crippen LogP contribution in [0.15, 0.2) is 47.0 Å². The summed E-state index contributed by atoms with van der Waals surface area (Å²) in [6, 6.07) is 11.4.